The Morgan fingerprint density at radius 2 is 1.37 bits per heavy atom. The van der Waals surface area contributed by atoms with Crippen molar-refractivity contribution in [3.8, 4) is 0 Å². The first kappa shape index (κ1) is 16.8. The van der Waals surface area contributed by atoms with Crippen molar-refractivity contribution in [2.45, 2.75) is 27.2 Å². The molecule has 0 radical (unpaired) electrons. The second kappa shape index (κ2) is 7.25. The molecule has 104 valence electrons. The van der Waals surface area contributed by atoms with Gasteiger partial charge in [0.05, 0.1) is 12.3 Å². The standard InChI is InChI=1S/C13H16O6/c1-7(2)11(15)18-10(14)6-9(5)13(17)19-12(16)8(3)4/h9H,1,3,6H2,2,4-5H3. The third-order valence-electron chi connectivity index (χ3n) is 1.97. The molecule has 0 rings (SSSR count). The summed E-state index contributed by atoms with van der Waals surface area (Å²) in [7, 11) is 0. The van der Waals surface area contributed by atoms with E-state index in [4.69, 9.17) is 0 Å². The lowest BCUT2D eigenvalue weighted by Crippen LogP contribution is -2.23. The third kappa shape index (κ3) is 6.30. The van der Waals surface area contributed by atoms with E-state index in [2.05, 4.69) is 22.6 Å². The summed E-state index contributed by atoms with van der Waals surface area (Å²) in [5.41, 5.74) is 0.140. The van der Waals surface area contributed by atoms with Crippen LogP contribution in [0.25, 0.3) is 0 Å². The highest BCUT2D eigenvalue weighted by Gasteiger charge is 2.23. The van der Waals surface area contributed by atoms with Gasteiger partial charge in [0.1, 0.15) is 0 Å². The van der Waals surface area contributed by atoms with Gasteiger partial charge in [0.25, 0.3) is 0 Å². The van der Waals surface area contributed by atoms with Gasteiger partial charge in [0.15, 0.2) is 0 Å². The number of ether oxygens (including phenoxy) is 2. The highest BCUT2D eigenvalue weighted by molar-refractivity contribution is 5.98. The number of carbonyl (C=O) groups is 4. The van der Waals surface area contributed by atoms with Gasteiger partial charge in [-0.15, -0.1) is 0 Å². The van der Waals surface area contributed by atoms with Crippen LogP contribution in [-0.4, -0.2) is 23.9 Å². The molecule has 0 aromatic heterocycles. The van der Waals surface area contributed by atoms with Crippen LogP contribution < -0.4 is 0 Å². The Labute approximate surface area is 111 Å². The number of hydrogen-bond acceptors (Lipinski definition) is 6. The topological polar surface area (TPSA) is 86.7 Å². The van der Waals surface area contributed by atoms with Crippen molar-refractivity contribution in [2.75, 3.05) is 0 Å². The summed E-state index contributed by atoms with van der Waals surface area (Å²) in [6, 6.07) is 0. The molecular formula is C13H16O6. The van der Waals surface area contributed by atoms with Gasteiger partial charge in [0, 0.05) is 11.1 Å². The molecule has 1 atom stereocenters. The predicted octanol–water partition coefficient (Wildman–Crippen LogP) is 1.30. The Morgan fingerprint density at radius 3 is 1.79 bits per heavy atom. The molecular weight excluding hydrogens is 252 g/mol. The normalized spacial score (nSPS) is 11.1. The molecule has 0 amide bonds. The average Bonchev–Trinajstić information content (AvgIpc) is 2.27. The molecule has 0 heterocycles. The largest absolute Gasteiger partial charge is 0.390 e. The van der Waals surface area contributed by atoms with Gasteiger partial charge in [-0.05, 0) is 13.8 Å². The maximum Gasteiger partial charge on any atom is 0.340 e. The zero-order valence-electron chi connectivity index (χ0n) is 11.1. The summed E-state index contributed by atoms with van der Waals surface area (Å²) in [6.45, 7) is 10.8. The Kier molecular flexibility index (Phi) is 6.40. The molecule has 19 heavy (non-hydrogen) atoms. The van der Waals surface area contributed by atoms with Crippen molar-refractivity contribution in [1.82, 2.24) is 0 Å². The van der Waals surface area contributed by atoms with E-state index >= 15 is 0 Å². The molecule has 1 unspecified atom stereocenters. The van der Waals surface area contributed by atoms with Crippen LogP contribution in [-0.2, 0) is 28.7 Å². The maximum atomic E-state index is 11.4. The van der Waals surface area contributed by atoms with Gasteiger partial charge in [-0.3, -0.25) is 9.59 Å². The first-order valence-electron chi connectivity index (χ1n) is 5.47. The lowest BCUT2D eigenvalue weighted by molar-refractivity contribution is -0.165. The molecule has 6 nitrogen and oxygen atoms in total. The van der Waals surface area contributed by atoms with Crippen LogP contribution in [0.15, 0.2) is 24.3 Å². The van der Waals surface area contributed by atoms with Crippen LogP contribution in [0.5, 0.6) is 0 Å². The van der Waals surface area contributed by atoms with Gasteiger partial charge in [0.2, 0.25) is 0 Å². The zero-order chi connectivity index (χ0) is 15.2. The number of esters is 4. The van der Waals surface area contributed by atoms with E-state index < -0.39 is 29.8 Å². The van der Waals surface area contributed by atoms with Gasteiger partial charge >= 0.3 is 23.9 Å². The lowest BCUT2D eigenvalue weighted by Gasteiger charge is -2.09. The Hall–Kier alpha value is -2.24. The van der Waals surface area contributed by atoms with E-state index in [1.165, 1.54) is 20.8 Å². The van der Waals surface area contributed by atoms with Gasteiger partial charge in [-0.1, -0.05) is 20.1 Å². The highest BCUT2D eigenvalue weighted by atomic mass is 16.6. The third-order valence-corrected chi connectivity index (χ3v) is 1.97. The van der Waals surface area contributed by atoms with E-state index in [1.807, 2.05) is 0 Å². The van der Waals surface area contributed by atoms with Crippen LogP contribution in [0.3, 0.4) is 0 Å². The number of hydrogen-bond donors (Lipinski definition) is 0. The summed E-state index contributed by atoms with van der Waals surface area (Å²) < 4.78 is 8.84. The van der Waals surface area contributed by atoms with Crippen molar-refractivity contribution >= 4 is 23.9 Å². The van der Waals surface area contributed by atoms with Crippen molar-refractivity contribution < 1.29 is 28.7 Å². The molecule has 0 aliphatic rings. The van der Waals surface area contributed by atoms with E-state index in [0.717, 1.165) is 0 Å². The monoisotopic (exact) mass is 268 g/mol. The van der Waals surface area contributed by atoms with E-state index in [1.54, 1.807) is 0 Å². The van der Waals surface area contributed by atoms with E-state index in [-0.39, 0.29) is 17.6 Å². The van der Waals surface area contributed by atoms with Crippen molar-refractivity contribution in [1.29, 1.82) is 0 Å². The van der Waals surface area contributed by atoms with Crippen LogP contribution in [0.4, 0.5) is 0 Å². The quantitative estimate of drug-likeness (QED) is 0.424. The van der Waals surface area contributed by atoms with E-state index in [0.29, 0.717) is 0 Å². The van der Waals surface area contributed by atoms with Crippen molar-refractivity contribution in [2.24, 2.45) is 5.92 Å². The molecule has 0 saturated carbocycles. The van der Waals surface area contributed by atoms with E-state index in [9.17, 15) is 19.2 Å². The minimum Gasteiger partial charge on any atom is -0.390 e. The summed E-state index contributed by atoms with van der Waals surface area (Å²) in [5.74, 6) is -4.39. The average molecular weight is 268 g/mol. The molecule has 0 aromatic rings. The Balaban J connectivity index is 4.33. The molecule has 0 aromatic carbocycles. The number of rotatable bonds is 5. The van der Waals surface area contributed by atoms with Gasteiger partial charge < -0.3 is 9.47 Å². The molecule has 6 heteroatoms. The molecule has 0 fully saturated rings. The fourth-order valence-electron chi connectivity index (χ4n) is 0.845. The fourth-order valence-corrected chi connectivity index (χ4v) is 0.845. The van der Waals surface area contributed by atoms with Gasteiger partial charge in [-0.2, -0.15) is 0 Å². The first-order chi connectivity index (χ1) is 8.65. The minimum atomic E-state index is -0.909. The smallest absolute Gasteiger partial charge is 0.340 e. The summed E-state index contributed by atoms with van der Waals surface area (Å²) >= 11 is 0. The van der Waals surface area contributed by atoms with Crippen molar-refractivity contribution in [3.05, 3.63) is 24.3 Å². The molecule has 0 spiro atoms. The molecule has 0 bridgehead atoms. The predicted molar refractivity (Wildman–Crippen MR) is 65.6 cm³/mol. The maximum absolute atomic E-state index is 11.4. The molecule has 0 saturated heterocycles. The van der Waals surface area contributed by atoms with Crippen LogP contribution in [0.2, 0.25) is 0 Å². The zero-order valence-corrected chi connectivity index (χ0v) is 11.1. The summed E-state index contributed by atoms with van der Waals surface area (Å²) in [4.78, 5) is 44.8. The van der Waals surface area contributed by atoms with Crippen LogP contribution in [0, 0.1) is 5.92 Å². The molecule has 0 aliphatic carbocycles. The van der Waals surface area contributed by atoms with Gasteiger partial charge in [-0.25, -0.2) is 9.59 Å². The molecule has 0 N–H and O–H groups in total. The minimum absolute atomic E-state index is 0.0700. The summed E-state index contributed by atoms with van der Waals surface area (Å²) in [5, 5.41) is 0. The van der Waals surface area contributed by atoms with Crippen LogP contribution >= 0.6 is 0 Å². The second-order valence-corrected chi connectivity index (χ2v) is 4.14. The lowest BCUT2D eigenvalue weighted by atomic mass is 10.1. The Morgan fingerprint density at radius 1 is 0.947 bits per heavy atom. The second-order valence-electron chi connectivity index (χ2n) is 4.14. The van der Waals surface area contributed by atoms with Crippen molar-refractivity contribution in [3.63, 3.8) is 0 Å². The Bertz CT molecular complexity index is 446. The SMILES string of the molecule is C=C(C)C(=O)OC(=O)CC(C)C(=O)OC(=O)C(=C)C. The fraction of sp³-hybridized carbons (Fsp3) is 0.385. The molecule has 0 aliphatic heterocycles. The highest BCUT2D eigenvalue weighted by Crippen LogP contribution is 2.08. The van der Waals surface area contributed by atoms with Crippen LogP contribution in [0.1, 0.15) is 27.2 Å². The first-order valence-corrected chi connectivity index (χ1v) is 5.47. The number of carbonyl (C=O) groups excluding carboxylic acids is 4. The summed E-state index contributed by atoms with van der Waals surface area (Å²) in [6.07, 6.45) is -0.374.